The van der Waals surface area contributed by atoms with Gasteiger partial charge >= 0.3 is 0 Å². The zero-order valence-corrected chi connectivity index (χ0v) is 10.8. The van der Waals surface area contributed by atoms with Gasteiger partial charge in [0.15, 0.2) is 5.78 Å². The highest BCUT2D eigenvalue weighted by Crippen LogP contribution is 2.19. The van der Waals surface area contributed by atoms with Crippen LogP contribution in [-0.2, 0) is 11.2 Å². The van der Waals surface area contributed by atoms with Crippen molar-refractivity contribution in [1.29, 1.82) is 0 Å². The molecule has 0 saturated heterocycles. The number of ketones is 1. The molecule has 96 valence electrons. The number of carbonyl (C=O) groups excluding carboxylic acids is 1. The minimum Gasteiger partial charge on any atom is -0.399 e. The molecule has 1 aliphatic rings. The number of hydrogen-bond acceptors (Lipinski definition) is 2. The maximum absolute atomic E-state index is 12.2. The Morgan fingerprint density at radius 3 is 2.83 bits per heavy atom. The lowest BCUT2D eigenvalue weighted by atomic mass is 9.94. The molecule has 0 saturated carbocycles. The molecule has 2 N–H and O–H groups in total. The van der Waals surface area contributed by atoms with Gasteiger partial charge in [-0.1, -0.05) is 31.1 Å². The van der Waals surface area contributed by atoms with Crippen molar-refractivity contribution in [2.75, 3.05) is 5.73 Å². The molecule has 2 rings (SSSR count). The van der Waals surface area contributed by atoms with Crippen LogP contribution in [0.2, 0.25) is 0 Å². The minimum atomic E-state index is 0.266. The number of anilines is 1. The molecule has 0 bridgehead atoms. The van der Waals surface area contributed by atoms with Crippen LogP contribution >= 0.6 is 0 Å². The lowest BCUT2D eigenvalue weighted by Crippen LogP contribution is -2.08. The highest BCUT2D eigenvalue weighted by molar-refractivity contribution is 5.96. The van der Waals surface area contributed by atoms with Gasteiger partial charge in [-0.3, -0.25) is 4.79 Å². The number of hydrogen-bond donors (Lipinski definition) is 1. The zero-order valence-electron chi connectivity index (χ0n) is 10.8. The van der Waals surface area contributed by atoms with Crippen LogP contribution in [0.25, 0.3) is 0 Å². The molecule has 18 heavy (non-hydrogen) atoms. The number of nitrogens with two attached hydrogens (primary N) is 1. The third kappa shape index (κ3) is 3.73. The summed E-state index contributed by atoms with van der Waals surface area (Å²) in [5, 5.41) is 0. The van der Waals surface area contributed by atoms with E-state index < -0.39 is 0 Å². The molecule has 0 amide bonds. The van der Waals surface area contributed by atoms with Crippen LogP contribution in [0.4, 0.5) is 5.69 Å². The average Bonchev–Trinajstić information content (AvgIpc) is 2.28. The number of Topliss-reactive ketones (excluding diaryl/α,β-unsaturated/α-hetero) is 1. The van der Waals surface area contributed by atoms with E-state index in [1.54, 1.807) is 0 Å². The summed E-state index contributed by atoms with van der Waals surface area (Å²) in [5.41, 5.74) is 8.50. The molecule has 1 aromatic carbocycles. The molecule has 2 heteroatoms. The number of rotatable bonds is 3. The van der Waals surface area contributed by atoms with E-state index in [1.807, 2.05) is 24.3 Å². The third-order valence-electron chi connectivity index (χ3n) is 3.46. The standard InChI is InChI=1S/C16H21NO/c17-15-10-6-7-13(11-15)12-16(18)14-8-4-2-1-3-5-9-14/h6-8,10-11H,1-5,9,12,17H2/b14-8+. The Kier molecular flexibility index (Phi) is 4.57. The molecular weight excluding hydrogens is 222 g/mol. The summed E-state index contributed by atoms with van der Waals surface area (Å²) >= 11 is 0. The number of allylic oxidation sites excluding steroid dienone is 2. The van der Waals surface area contributed by atoms with Crippen molar-refractivity contribution in [2.45, 2.75) is 44.9 Å². The van der Waals surface area contributed by atoms with E-state index in [-0.39, 0.29) is 5.78 Å². The number of nitrogen functional groups attached to an aromatic ring is 1. The first-order valence-corrected chi connectivity index (χ1v) is 6.82. The molecule has 0 atom stereocenters. The predicted molar refractivity (Wildman–Crippen MR) is 75.4 cm³/mol. The summed E-state index contributed by atoms with van der Waals surface area (Å²) in [4.78, 5) is 12.2. The summed E-state index contributed by atoms with van der Waals surface area (Å²) in [6.45, 7) is 0. The van der Waals surface area contributed by atoms with Gasteiger partial charge in [0, 0.05) is 12.1 Å². The Labute approximate surface area is 109 Å². The van der Waals surface area contributed by atoms with Gasteiger partial charge in [0.05, 0.1) is 0 Å². The third-order valence-corrected chi connectivity index (χ3v) is 3.46. The minimum absolute atomic E-state index is 0.266. The van der Waals surface area contributed by atoms with E-state index >= 15 is 0 Å². The van der Waals surface area contributed by atoms with Crippen LogP contribution in [-0.4, -0.2) is 5.78 Å². The van der Waals surface area contributed by atoms with Gasteiger partial charge in [0.1, 0.15) is 0 Å². The first-order chi connectivity index (χ1) is 8.75. The first kappa shape index (κ1) is 12.9. The topological polar surface area (TPSA) is 43.1 Å². The summed E-state index contributed by atoms with van der Waals surface area (Å²) < 4.78 is 0. The van der Waals surface area contributed by atoms with Crippen molar-refractivity contribution in [3.05, 3.63) is 41.5 Å². The van der Waals surface area contributed by atoms with E-state index in [0.29, 0.717) is 6.42 Å². The molecule has 0 aromatic heterocycles. The molecule has 0 fully saturated rings. The Morgan fingerprint density at radius 1 is 1.17 bits per heavy atom. The second-order valence-electron chi connectivity index (χ2n) is 5.03. The molecule has 0 aliphatic heterocycles. The summed E-state index contributed by atoms with van der Waals surface area (Å²) in [6.07, 6.45) is 9.55. The zero-order chi connectivity index (χ0) is 12.8. The fourth-order valence-corrected chi connectivity index (χ4v) is 2.45. The van der Waals surface area contributed by atoms with E-state index in [1.165, 1.54) is 19.3 Å². The van der Waals surface area contributed by atoms with Gasteiger partial charge < -0.3 is 5.73 Å². The monoisotopic (exact) mass is 243 g/mol. The van der Waals surface area contributed by atoms with Crippen LogP contribution in [0, 0.1) is 0 Å². The Hall–Kier alpha value is -1.57. The van der Waals surface area contributed by atoms with Crippen molar-refractivity contribution < 1.29 is 4.79 Å². The van der Waals surface area contributed by atoms with Crippen molar-refractivity contribution in [2.24, 2.45) is 0 Å². The average molecular weight is 243 g/mol. The Balaban J connectivity index is 2.02. The van der Waals surface area contributed by atoms with E-state index in [2.05, 4.69) is 6.08 Å². The maximum Gasteiger partial charge on any atom is 0.162 e. The molecule has 0 radical (unpaired) electrons. The fraction of sp³-hybridized carbons (Fsp3) is 0.438. The Morgan fingerprint density at radius 2 is 2.00 bits per heavy atom. The fourth-order valence-electron chi connectivity index (χ4n) is 2.45. The highest BCUT2D eigenvalue weighted by atomic mass is 16.1. The molecule has 1 aliphatic carbocycles. The van der Waals surface area contributed by atoms with E-state index in [4.69, 9.17) is 5.73 Å². The first-order valence-electron chi connectivity index (χ1n) is 6.82. The Bertz CT molecular complexity index is 448. The molecular formula is C16H21NO. The smallest absolute Gasteiger partial charge is 0.162 e. The van der Waals surface area contributed by atoms with Gasteiger partial charge in [0.2, 0.25) is 0 Å². The summed E-state index contributed by atoms with van der Waals surface area (Å²) in [6, 6.07) is 7.62. The molecule has 0 unspecified atom stereocenters. The van der Waals surface area contributed by atoms with Crippen molar-refractivity contribution in [1.82, 2.24) is 0 Å². The van der Waals surface area contributed by atoms with Crippen LogP contribution in [0.5, 0.6) is 0 Å². The van der Waals surface area contributed by atoms with Crippen molar-refractivity contribution in [3.63, 3.8) is 0 Å². The van der Waals surface area contributed by atoms with Crippen molar-refractivity contribution in [3.8, 4) is 0 Å². The van der Waals surface area contributed by atoms with Gasteiger partial charge in [0.25, 0.3) is 0 Å². The van der Waals surface area contributed by atoms with Gasteiger partial charge in [-0.05, 0) is 49.0 Å². The predicted octanol–water partition coefficient (Wildman–Crippen LogP) is 3.66. The van der Waals surface area contributed by atoms with Crippen LogP contribution < -0.4 is 5.73 Å². The quantitative estimate of drug-likeness (QED) is 0.823. The molecule has 2 nitrogen and oxygen atoms in total. The largest absolute Gasteiger partial charge is 0.399 e. The highest BCUT2D eigenvalue weighted by Gasteiger charge is 2.11. The normalized spacial score (nSPS) is 19.4. The van der Waals surface area contributed by atoms with Crippen LogP contribution in [0.1, 0.15) is 44.1 Å². The lowest BCUT2D eigenvalue weighted by molar-refractivity contribution is -0.115. The van der Waals surface area contributed by atoms with E-state index in [9.17, 15) is 4.79 Å². The summed E-state index contributed by atoms with van der Waals surface area (Å²) in [7, 11) is 0. The molecule has 0 spiro atoms. The van der Waals surface area contributed by atoms with Crippen molar-refractivity contribution >= 4 is 11.5 Å². The number of carbonyl (C=O) groups is 1. The molecule has 0 heterocycles. The van der Waals surface area contributed by atoms with E-state index in [0.717, 1.165) is 36.1 Å². The maximum atomic E-state index is 12.2. The molecule has 1 aromatic rings. The SMILES string of the molecule is Nc1cccc(CC(=O)/C2=C/CCCCCC2)c1. The second-order valence-corrected chi connectivity index (χ2v) is 5.03. The van der Waals surface area contributed by atoms with Gasteiger partial charge in [-0.2, -0.15) is 0 Å². The lowest BCUT2D eigenvalue weighted by Gasteiger charge is -2.10. The van der Waals surface area contributed by atoms with Gasteiger partial charge in [-0.15, -0.1) is 0 Å². The summed E-state index contributed by atoms with van der Waals surface area (Å²) in [5.74, 6) is 0.266. The number of benzene rings is 1. The van der Waals surface area contributed by atoms with Crippen LogP contribution in [0.15, 0.2) is 35.9 Å². The van der Waals surface area contributed by atoms with Gasteiger partial charge in [-0.25, -0.2) is 0 Å². The van der Waals surface area contributed by atoms with Crippen LogP contribution in [0.3, 0.4) is 0 Å². The second kappa shape index (κ2) is 6.39.